The molecule has 0 aromatic heterocycles. The molecule has 1 aliphatic rings. The number of carbonyl (C=O) groups is 2. The van der Waals surface area contributed by atoms with Gasteiger partial charge in [-0.1, -0.05) is 18.2 Å². The van der Waals surface area contributed by atoms with Crippen molar-refractivity contribution in [3.8, 4) is 28.7 Å². The fourth-order valence-electron chi connectivity index (χ4n) is 4.89. The first kappa shape index (κ1) is 32.6. The molecule has 3 aromatic rings. The van der Waals surface area contributed by atoms with Gasteiger partial charge in [0.05, 0.1) is 41.1 Å². The summed E-state index contributed by atoms with van der Waals surface area (Å²) in [5.41, 5.74) is 0.694. The van der Waals surface area contributed by atoms with Crippen molar-refractivity contribution < 1.29 is 46.4 Å². The van der Waals surface area contributed by atoms with Crippen LogP contribution in [0.4, 0.5) is 13.2 Å². The lowest BCUT2D eigenvalue weighted by molar-refractivity contribution is -0.137. The third kappa shape index (κ3) is 6.93. The summed E-state index contributed by atoms with van der Waals surface area (Å²) in [5.74, 6) is 1.21. The van der Waals surface area contributed by atoms with Crippen LogP contribution in [0.3, 0.4) is 0 Å². The van der Waals surface area contributed by atoms with E-state index >= 15 is 0 Å². The Balaban J connectivity index is 1.62. The highest BCUT2D eigenvalue weighted by molar-refractivity contribution is 7.99. The first-order valence-electron chi connectivity index (χ1n) is 13.5. The maximum atomic E-state index is 14.1. The third-order valence-corrected chi connectivity index (χ3v) is 8.46. The summed E-state index contributed by atoms with van der Waals surface area (Å²) in [7, 11) is 7.34. The number of hydrogen-bond donors (Lipinski definition) is 1. The lowest BCUT2D eigenvalue weighted by Gasteiger charge is -2.29. The molecule has 236 valence electrons. The van der Waals surface area contributed by atoms with E-state index in [4.69, 9.17) is 23.7 Å². The summed E-state index contributed by atoms with van der Waals surface area (Å²) in [6.45, 7) is 0.270. The van der Waals surface area contributed by atoms with Crippen molar-refractivity contribution in [2.24, 2.45) is 0 Å². The van der Waals surface area contributed by atoms with Crippen molar-refractivity contribution in [3.63, 3.8) is 0 Å². The number of amides is 2. The zero-order chi connectivity index (χ0) is 32.0. The van der Waals surface area contributed by atoms with Crippen LogP contribution >= 0.6 is 11.8 Å². The van der Waals surface area contributed by atoms with Gasteiger partial charge in [0.1, 0.15) is 11.4 Å². The average Bonchev–Trinajstić information content (AvgIpc) is 3.48. The molecule has 0 aliphatic carbocycles. The van der Waals surface area contributed by atoms with E-state index in [0.29, 0.717) is 23.5 Å². The summed E-state index contributed by atoms with van der Waals surface area (Å²) in [4.78, 5) is 29.0. The van der Waals surface area contributed by atoms with Crippen molar-refractivity contribution in [2.45, 2.75) is 24.0 Å². The van der Waals surface area contributed by atoms with Gasteiger partial charge >= 0.3 is 6.18 Å². The highest BCUT2D eigenvalue weighted by atomic mass is 32.2. The number of ether oxygens (including phenoxy) is 5. The first-order valence-corrected chi connectivity index (χ1v) is 14.5. The molecule has 9 nitrogen and oxygen atoms in total. The van der Waals surface area contributed by atoms with E-state index < -0.39 is 35.0 Å². The molecule has 1 heterocycles. The van der Waals surface area contributed by atoms with Crippen molar-refractivity contribution in [3.05, 3.63) is 76.9 Å². The SMILES string of the molecule is COc1ccc(CCNC(=O)C2CSC(c3ccc(C(F)(F)F)cc3)N2C(=O)c2cc(OC)c(OC)c(OC)c2)cc1OC. The molecule has 1 saturated heterocycles. The molecule has 2 atom stereocenters. The second-order valence-electron chi connectivity index (χ2n) is 9.68. The minimum absolute atomic E-state index is 0.155. The molecule has 1 fully saturated rings. The number of alkyl halides is 3. The Morgan fingerprint density at radius 3 is 2.00 bits per heavy atom. The number of nitrogens with one attached hydrogen (secondary N) is 1. The van der Waals surface area contributed by atoms with Crippen molar-refractivity contribution in [2.75, 3.05) is 47.8 Å². The van der Waals surface area contributed by atoms with Gasteiger partial charge in [0.2, 0.25) is 11.7 Å². The summed E-state index contributed by atoms with van der Waals surface area (Å²) in [5, 5.41) is 2.17. The molecule has 0 bridgehead atoms. The average molecular weight is 635 g/mol. The zero-order valence-corrected chi connectivity index (χ0v) is 25.6. The number of carbonyl (C=O) groups excluding carboxylic acids is 2. The second kappa shape index (κ2) is 14.0. The van der Waals surface area contributed by atoms with Gasteiger partial charge < -0.3 is 33.9 Å². The van der Waals surface area contributed by atoms with Crippen LogP contribution in [-0.2, 0) is 17.4 Å². The number of nitrogens with zero attached hydrogens (tertiary/aromatic N) is 1. The number of halogens is 3. The molecule has 0 radical (unpaired) electrons. The molecule has 44 heavy (non-hydrogen) atoms. The fourth-order valence-corrected chi connectivity index (χ4v) is 6.32. The molecule has 1 N–H and O–H groups in total. The smallest absolute Gasteiger partial charge is 0.416 e. The van der Waals surface area contributed by atoms with Crippen LogP contribution in [0.5, 0.6) is 28.7 Å². The van der Waals surface area contributed by atoms with Crippen molar-refractivity contribution >= 4 is 23.6 Å². The van der Waals surface area contributed by atoms with Crippen molar-refractivity contribution in [1.29, 1.82) is 0 Å². The summed E-state index contributed by atoms with van der Waals surface area (Å²) in [6.07, 6.45) is -4.03. The van der Waals surface area contributed by atoms with E-state index in [1.165, 1.54) is 69.4 Å². The lowest BCUT2D eigenvalue weighted by atomic mass is 10.1. The second-order valence-corrected chi connectivity index (χ2v) is 10.8. The van der Waals surface area contributed by atoms with Gasteiger partial charge in [-0.05, 0) is 53.9 Å². The molecule has 13 heteroatoms. The summed E-state index contributed by atoms with van der Waals surface area (Å²) < 4.78 is 66.5. The van der Waals surface area contributed by atoms with Crippen LogP contribution in [0.25, 0.3) is 0 Å². The van der Waals surface area contributed by atoms with E-state index in [2.05, 4.69) is 5.32 Å². The van der Waals surface area contributed by atoms with Crippen LogP contribution in [0, 0.1) is 0 Å². The van der Waals surface area contributed by atoms with Crippen LogP contribution in [0.15, 0.2) is 54.6 Å². The molecule has 2 amide bonds. The molecule has 1 aliphatic heterocycles. The van der Waals surface area contributed by atoms with Gasteiger partial charge in [-0.2, -0.15) is 13.2 Å². The molecular weight excluding hydrogens is 601 g/mol. The maximum absolute atomic E-state index is 14.1. The molecule has 3 aromatic carbocycles. The molecule has 0 saturated carbocycles. The minimum Gasteiger partial charge on any atom is -0.493 e. The maximum Gasteiger partial charge on any atom is 0.416 e. The Morgan fingerprint density at radius 1 is 0.841 bits per heavy atom. The van der Waals surface area contributed by atoms with Crippen molar-refractivity contribution in [1.82, 2.24) is 10.2 Å². The number of benzene rings is 3. The monoisotopic (exact) mass is 634 g/mol. The van der Waals surface area contributed by atoms with Gasteiger partial charge in [-0.15, -0.1) is 11.8 Å². The Labute approximate surface area is 257 Å². The normalized spacial score (nSPS) is 16.3. The predicted molar refractivity (Wildman–Crippen MR) is 159 cm³/mol. The van der Waals surface area contributed by atoms with E-state index in [1.54, 1.807) is 13.2 Å². The summed E-state index contributed by atoms with van der Waals surface area (Å²) >= 11 is 1.29. The van der Waals surface area contributed by atoms with E-state index in [1.807, 2.05) is 12.1 Å². The van der Waals surface area contributed by atoms with E-state index in [9.17, 15) is 22.8 Å². The van der Waals surface area contributed by atoms with Crippen LogP contribution in [0.1, 0.15) is 32.4 Å². The predicted octanol–water partition coefficient (Wildman–Crippen LogP) is 5.36. The van der Waals surface area contributed by atoms with E-state index in [0.717, 1.165) is 17.7 Å². The van der Waals surface area contributed by atoms with Crippen LogP contribution < -0.4 is 29.0 Å². The number of hydrogen-bond acceptors (Lipinski definition) is 8. The standard InChI is InChI=1S/C31H33F3N2O7S/c1-39-23-11-6-18(14-24(23)40-2)12-13-35-28(37)22-17-44-30(19-7-9-21(10-8-19)31(32,33)34)36(22)29(38)20-15-25(41-3)27(43-5)26(16-20)42-4/h6-11,14-16,22,30H,12-13,17H2,1-5H3,(H,35,37). The van der Waals surface area contributed by atoms with Gasteiger partial charge in [-0.3, -0.25) is 9.59 Å². The quantitative estimate of drug-likeness (QED) is 0.301. The molecule has 0 spiro atoms. The molecule has 4 rings (SSSR count). The van der Waals surface area contributed by atoms with Gasteiger partial charge in [0.15, 0.2) is 23.0 Å². The summed E-state index contributed by atoms with van der Waals surface area (Å²) in [6, 6.07) is 12.1. The van der Waals surface area contributed by atoms with Gasteiger partial charge in [0, 0.05) is 17.9 Å². The number of methoxy groups -OCH3 is 5. The van der Waals surface area contributed by atoms with Crippen LogP contribution in [0.2, 0.25) is 0 Å². The topological polar surface area (TPSA) is 95.6 Å². The van der Waals surface area contributed by atoms with E-state index in [-0.39, 0.29) is 35.1 Å². The van der Waals surface area contributed by atoms with Crippen LogP contribution in [-0.4, -0.2) is 70.6 Å². The highest BCUT2D eigenvalue weighted by Gasteiger charge is 2.43. The third-order valence-electron chi connectivity index (χ3n) is 7.13. The largest absolute Gasteiger partial charge is 0.493 e. The Morgan fingerprint density at radius 2 is 1.45 bits per heavy atom. The molecule has 2 unspecified atom stereocenters. The number of thioether (sulfide) groups is 1. The van der Waals surface area contributed by atoms with Gasteiger partial charge in [0.25, 0.3) is 5.91 Å². The number of rotatable bonds is 11. The fraction of sp³-hybridized carbons (Fsp3) is 0.355. The molecular formula is C31H33F3N2O7S. The minimum atomic E-state index is -4.51. The lowest BCUT2D eigenvalue weighted by Crippen LogP contribution is -2.48. The highest BCUT2D eigenvalue weighted by Crippen LogP contribution is 2.45. The first-order chi connectivity index (χ1) is 21.1. The Kier molecular flexibility index (Phi) is 10.4. The Bertz CT molecular complexity index is 1460. The van der Waals surface area contributed by atoms with Gasteiger partial charge in [-0.25, -0.2) is 0 Å². The zero-order valence-electron chi connectivity index (χ0n) is 24.8. The Hall–Kier alpha value is -4.26.